The fourth-order valence-corrected chi connectivity index (χ4v) is 3.66. The summed E-state index contributed by atoms with van der Waals surface area (Å²) in [4.78, 5) is 11.8. The van der Waals surface area contributed by atoms with Crippen LogP contribution in [0.5, 0.6) is 0 Å². The van der Waals surface area contributed by atoms with E-state index in [1.165, 1.54) is 6.07 Å². The summed E-state index contributed by atoms with van der Waals surface area (Å²) in [6, 6.07) is 10.9. The molecule has 148 valence electrons. The number of benzene rings is 2. The molecule has 0 aliphatic carbocycles. The van der Waals surface area contributed by atoms with Gasteiger partial charge in [-0.2, -0.15) is 5.10 Å². The van der Waals surface area contributed by atoms with Gasteiger partial charge in [-0.15, -0.1) is 0 Å². The molecular formula is C20H23F2N3O2Si. The zero-order chi connectivity index (χ0) is 20.5. The van der Waals surface area contributed by atoms with Gasteiger partial charge in [0, 0.05) is 25.6 Å². The van der Waals surface area contributed by atoms with Gasteiger partial charge < -0.3 is 10.5 Å². The highest BCUT2D eigenvalue weighted by Crippen LogP contribution is 2.32. The largest absolute Gasteiger partial charge is 0.364 e. The highest BCUT2D eigenvalue weighted by molar-refractivity contribution is 6.76. The van der Waals surface area contributed by atoms with Gasteiger partial charge >= 0.3 is 0 Å². The Bertz CT molecular complexity index is 1010. The van der Waals surface area contributed by atoms with Gasteiger partial charge in [0.25, 0.3) is 5.91 Å². The second kappa shape index (κ2) is 7.81. The van der Waals surface area contributed by atoms with Crippen molar-refractivity contribution in [2.75, 3.05) is 6.61 Å². The molecule has 1 heterocycles. The molecule has 0 unspecified atom stereocenters. The minimum absolute atomic E-state index is 0.0484. The molecule has 28 heavy (non-hydrogen) atoms. The van der Waals surface area contributed by atoms with Crippen molar-refractivity contribution < 1.29 is 18.3 Å². The molecular weight excluding hydrogens is 380 g/mol. The lowest BCUT2D eigenvalue weighted by atomic mass is 10.0. The van der Waals surface area contributed by atoms with Gasteiger partial charge in [-0.3, -0.25) is 4.79 Å². The first-order valence-corrected chi connectivity index (χ1v) is 12.7. The summed E-state index contributed by atoms with van der Waals surface area (Å²) in [5.74, 6) is -2.89. The van der Waals surface area contributed by atoms with E-state index in [0.717, 1.165) is 10.7 Å². The zero-order valence-corrected chi connectivity index (χ0v) is 17.1. The van der Waals surface area contributed by atoms with Gasteiger partial charge in [-0.05, 0) is 17.7 Å². The topological polar surface area (TPSA) is 70.1 Å². The van der Waals surface area contributed by atoms with Gasteiger partial charge in [0.05, 0.1) is 0 Å². The molecule has 1 aromatic heterocycles. The van der Waals surface area contributed by atoms with Crippen LogP contribution < -0.4 is 5.73 Å². The predicted octanol–water partition coefficient (Wildman–Crippen LogP) is 4.39. The molecule has 2 N–H and O–H groups in total. The van der Waals surface area contributed by atoms with E-state index in [0.29, 0.717) is 12.2 Å². The van der Waals surface area contributed by atoms with Crippen LogP contribution in [0.2, 0.25) is 25.7 Å². The van der Waals surface area contributed by atoms with Crippen LogP contribution in [0.4, 0.5) is 8.78 Å². The monoisotopic (exact) mass is 403 g/mol. The van der Waals surface area contributed by atoms with Crippen molar-refractivity contribution in [3.63, 3.8) is 0 Å². The Balaban J connectivity index is 2.05. The number of halogens is 2. The van der Waals surface area contributed by atoms with Gasteiger partial charge in [0.1, 0.15) is 12.2 Å². The molecule has 2 aromatic carbocycles. The molecule has 1 amide bonds. The summed E-state index contributed by atoms with van der Waals surface area (Å²) in [5.41, 5.74) is 5.72. The van der Waals surface area contributed by atoms with Crippen molar-refractivity contribution in [2.45, 2.75) is 32.4 Å². The first kappa shape index (κ1) is 20.2. The van der Waals surface area contributed by atoms with E-state index < -0.39 is 25.6 Å². The summed E-state index contributed by atoms with van der Waals surface area (Å²) < 4.78 is 36.5. The average Bonchev–Trinajstić information content (AvgIpc) is 3.00. The molecule has 0 fully saturated rings. The Morgan fingerprint density at radius 3 is 2.46 bits per heavy atom. The third kappa shape index (κ3) is 4.12. The number of aromatic nitrogens is 2. The van der Waals surface area contributed by atoms with E-state index in [-0.39, 0.29) is 28.9 Å². The van der Waals surface area contributed by atoms with Crippen LogP contribution in [-0.4, -0.2) is 30.4 Å². The second-order valence-corrected chi connectivity index (χ2v) is 13.5. The summed E-state index contributed by atoms with van der Waals surface area (Å²) in [5, 5.41) is 4.25. The van der Waals surface area contributed by atoms with Crippen molar-refractivity contribution in [3.05, 3.63) is 53.7 Å². The van der Waals surface area contributed by atoms with Crippen molar-refractivity contribution in [3.8, 4) is 11.1 Å². The van der Waals surface area contributed by atoms with Gasteiger partial charge in [0.2, 0.25) is 0 Å². The fraction of sp³-hybridized carbons (Fsp3) is 0.300. The Labute approximate surface area is 163 Å². The Morgan fingerprint density at radius 2 is 1.86 bits per heavy atom. The summed E-state index contributed by atoms with van der Waals surface area (Å²) in [7, 11) is -1.29. The number of rotatable bonds is 7. The molecule has 0 bridgehead atoms. The van der Waals surface area contributed by atoms with Crippen LogP contribution in [0.1, 0.15) is 10.5 Å². The lowest BCUT2D eigenvalue weighted by Gasteiger charge is -2.15. The van der Waals surface area contributed by atoms with E-state index in [4.69, 9.17) is 10.5 Å². The lowest BCUT2D eigenvalue weighted by Crippen LogP contribution is -2.22. The van der Waals surface area contributed by atoms with E-state index in [1.807, 2.05) is 0 Å². The highest BCUT2D eigenvalue weighted by atomic mass is 28.3. The van der Waals surface area contributed by atoms with Crippen LogP contribution in [0, 0.1) is 11.6 Å². The van der Waals surface area contributed by atoms with Gasteiger partial charge in [0.15, 0.2) is 17.3 Å². The Hall–Kier alpha value is -2.58. The van der Waals surface area contributed by atoms with Crippen LogP contribution in [0.3, 0.4) is 0 Å². The normalized spacial score (nSPS) is 11.9. The highest BCUT2D eigenvalue weighted by Gasteiger charge is 2.24. The number of hydrogen-bond acceptors (Lipinski definition) is 3. The maximum Gasteiger partial charge on any atom is 0.269 e. The van der Waals surface area contributed by atoms with Crippen molar-refractivity contribution in [1.82, 2.24) is 9.78 Å². The van der Waals surface area contributed by atoms with E-state index >= 15 is 0 Å². The number of primary amides is 1. The number of nitrogens with two attached hydrogens (primary N) is 1. The second-order valence-electron chi connectivity index (χ2n) is 7.87. The number of amides is 1. The van der Waals surface area contributed by atoms with Crippen molar-refractivity contribution in [1.29, 1.82) is 0 Å². The molecule has 0 atom stereocenters. The fourth-order valence-electron chi connectivity index (χ4n) is 2.91. The molecule has 0 spiro atoms. The SMILES string of the molecule is C[Si](C)(C)CCOCn1nc(C(N)=O)c2cc(-c3ccccc3)c(F)c(F)c21. The third-order valence-electron chi connectivity index (χ3n) is 4.44. The average molecular weight is 404 g/mol. The minimum atomic E-state index is -1.29. The molecule has 0 aliphatic heterocycles. The Kier molecular flexibility index (Phi) is 5.62. The zero-order valence-electron chi connectivity index (χ0n) is 16.1. The van der Waals surface area contributed by atoms with Gasteiger partial charge in [-0.1, -0.05) is 50.0 Å². The number of ether oxygens (including phenoxy) is 1. The first-order chi connectivity index (χ1) is 13.2. The van der Waals surface area contributed by atoms with Crippen LogP contribution in [0.25, 0.3) is 22.0 Å². The molecule has 0 saturated carbocycles. The number of carbonyl (C=O) groups is 1. The summed E-state index contributed by atoms with van der Waals surface area (Å²) >= 11 is 0. The number of hydrogen-bond donors (Lipinski definition) is 1. The molecule has 0 aliphatic rings. The molecule has 3 aromatic rings. The van der Waals surface area contributed by atoms with E-state index in [2.05, 4.69) is 24.7 Å². The molecule has 3 rings (SSSR count). The maximum atomic E-state index is 14.9. The Morgan fingerprint density at radius 1 is 1.18 bits per heavy atom. The van der Waals surface area contributed by atoms with Crippen molar-refractivity contribution >= 4 is 24.9 Å². The third-order valence-corrected chi connectivity index (χ3v) is 6.15. The van der Waals surface area contributed by atoms with Crippen LogP contribution in [0.15, 0.2) is 36.4 Å². The summed E-state index contributed by atoms with van der Waals surface area (Å²) in [6.45, 7) is 7.03. The van der Waals surface area contributed by atoms with Crippen LogP contribution >= 0.6 is 0 Å². The maximum absolute atomic E-state index is 14.9. The van der Waals surface area contributed by atoms with Crippen LogP contribution in [-0.2, 0) is 11.5 Å². The molecule has 5 nitrogen and oxygen atoms in total. The standard InChI is InChI=1S/C20H23F2N3O2Si/c1-28(2,3)10-9-27-12-25-19-15(18(24-25)20(23)26)11-14(16(21)17(19)22)13-7-5-4-6-8-13/h4-8,11H,9-10,12H2,1-3H3,(H2,23,26). The molecule has 0 radical (unpaired) electrons. The molecule has 0 saturated heterocycles. The predicted molar refractivity (Wildman–Crippen MR) is 108 cm³/mol. The summed E-state index contributed by atoms with van der Waals surface area (Å²) in [6.07, 6.45) is 0. The smallest absolute Gasteiger partial charge is 0.269 e. The first-order valence-electron chi connectivity index (χ1n) is 9.00. The number of carbonyl (C=O) groups excluding carboxylic acids is 1. The number of nitrogens with zero attached hydrogens (tertiary/aromatic N) is 2. The molecule has 8 heteroatoms. The van der Waals surface area contributed by atoms with E-state index in [1.54, 1.807) is 30.3 Å². The van der Waals surface area contributed by atoms with Gasteiger partial charge in [-0.25, -0.2) is 13.5 Å². The lowest BCUT2D eigenvalue weighted by molar-refractivity contribution is 0.0804. The quantitative estimate of drug-likeness (QED) is 0.470. The minimum Gasteiger partial charge on any atom is -0.364 e. The van der Waals surface area contributed by atoms with Crippen molar-refractivity contribution in [2.24, 2.45) is 5.73 Å². The van der Waals surface area contributed by atoms with E-state index in [9.17, 15) is 13.6 Å². The number of fused-ring (bicyclic) bond motifs is 1.